The first-order valence-corrected chi connectivity index (χ1v) is 13.5. The van der Waals surface area contributed by atoms with E-state index in [1.165, 1.54) is 67.7 Å². The Morgan fingerprint density at radius 2 is 1.65 bits per heavy atom. The van der Waals surface area contributed by atoms with Crippen molar-refractivity contribution in [3.8, 4) is 28.4 Å². The number of alkyl halides is 3. The van der Waals surface area contributed by atoms with Crippen molar-refractivity contribution >= 4 is 21.4 Å². The van der Waals surface area contributed by atoms with Gasteiger partial charge in [-0.1, -0.05) is 25.1 Å². The lowest BCUT2D eigenvalue weighted by Crippen LogP contribution is -2.17. The molecule has 0 fully saturated rings. The zero-order valence-electron chi connectivity index (χ0n) is 20.9. The average Bonchev–Trinajstić information content (AvgIpc) is 2.89. The van der Waals surface area contributed by atoms with Crippen LogP contribution >= 0.6 is 0 Å². The molecular formula is C28H22F4N2O5S. The summed E-state index contributed by atoms with van der Waals surface area (Å²) in [4.78, 5) is 16.5. The fourth-order valence-corrected chi connectivity index (χ4v) is 4.61. The lowest BCUT2D eigenvalue weighted by atomic mass is 10.1. The number of amides is 1. The number of hydrogen-bond acceptors (Lipinski definition) is 6. The molecule has 4 aromatic rings. The maximum absolute atomic E-state index is 14.5. The van der Waals surface area contributed by atoms with Crippen molar-refractivity contribution < 1.29 is 40.2 Å². The van der Waals surface area contributed by atoms with Crippen LogP contribution in [0.1, 0.15) is 12.5 Å². The molecule has 12 heteroatoms. The van der Waals surface area contributed by atoms with Gasteiger partial charge in [-0.3, -0.25) is 4.79 Å². The van der Waals surface area contributed by atoms with Crippen LogP contribution in [0.5, 0.6) is 17.2 Å². The molecule has 0 aliphatic rings. The number of carbonyl (C=O) groups excluding carboxylic acids is 1. The van der Waals surface area contributed by atoms with Crippen molar-refractivity contribution in [2.75, 3.05) is 11.1 Å². The van der Waals surface area contributed by atoms with Crippen molar-refractivity contribution in [1.82, 2.24) is 4.98 Å². The van der Waals surface area contributed by atoms with E-state index in [1.807, 2.05) is 0 Å². The van der Waals surface area contributed by atoms with Crippen molar-refractivity contribution in [2.45, 2.75) is 24.6 Å². The van der Waals surface area contributed by atoms with Gasteiger partial charge in [0.25, 0.3) is 0 Å². The standard InChI is InChI=1S/C28H22F4N2O5S/c1-2-40(36,37)22-11-8-18(9-12-22)15-26(35)34-19-10-13-23(24-7-4-14-33-27(24)29)25(16-19)38-20-5-3-6-21(17-20)39-28(30,31)32/h3-14,16-17H,2,15H2,1H3,(H,34,35). The predicted molar refractivity (Wildman–Crippen MR) is 139 cm³/mol. The average molecular weight is 575 g/mol. The van der Waals surface area contributed by atoms with Crippen molar-refractivity contribution in [3.05, 3.63) is 96.6 Å². The van der Waals surface area contributed by atoms with E-state index >= 15 is 0 Å². The number of nitrogens with one attached hydrogen (secondary N) is 1. The van der Waals surface area contributed by atoms with E-state index in [4.69, 9.17) is 4.74 Å². The molecule has 0 atom stereocenters. The summed E-state index contributed by atoms with van der Waals surface area (Å²) in [7, 11) is -3.37. The number of nitrogens with zero attached hydrogens (tertiary/aromatic N) is 1. The molecule has 0 spiro atoms. The number of sulfone groups is 1. The number of benzene rings is 3. The van der Waals surface area contributed by atoms with Gasteiger partial charge in [0, 0.05) is 35.1 Å². The van der Waals surface area contributed by atoms with E-state index in [0.717, 1.165) is 12.1 Å². The first-order chi connectivity index (χ1) is 18.9. The second-order valence-electron chi connectivity index (χ2n) is 8.45. The molecule has 1 aromatic heterocycles. The minimum Gasteiger partial charge on any atom is -0.456 e. The summed E-state index contributed by atoms with van der Waals surface area (Å²) in [5.74, 6) is -1.79. The van der Waals surface area contributed by atoms with Crippen LogP contribution in [0, 0.1) is 5.95 Å². The number of carbonyl (C=O) groups is 1. The normalized spacial score (nSPS) is 11.6. The van der Waals surface area contributed by atoms with Crippen LogP contribution in [-0.2, 0) is 21.1 Å². The second kappa shape index (κ2) is 11.7. The van der Waals surface area contributed by atoms with Gasteiger partial charge in [-0.2, -0.15) is 4.39 Å². The van der Waals surface area contributed by atoms with E-state index < -0.39 is 33.8 Å². The third-order valence-electron chi connectivity index (χ3n) is 5.61. The number of anilines is 1. The highest BCUT2D eigenvalue weighted by Crippen LogP contribution is 2.37. The fourth-order valence-electron chi connectivity index (χ4n) is 3.73. The van der Waals surface area contributed by atoms with Gasteiger partial charge in [0.15, 0.2) is 9.84 Å². The first-order valence-electron chi connectivity index (χ1n) is 11.8. The van der Waals surface area contributed by atoms with Gasteiger partial charge in [0.1, 0.15) is 17.2 Å². The Morgan fingerprint density at radius 3 is 2.33 bits per heavy atom. The summed E-state index contributed by atoms with van der Waals surface area (Å²) in [6.07, 6.45) is -3.72. The monoisotopic (exact) mass is 574 g/mol. The highest BCUT2D eigenvalue weighted by molar-refractivity contribution is 7.91. The number of pyridine rings is 1. The summed E-state index contributed by atoms with van der Waals surface area (Å²) in [5, 5.41) is 2.69. The van der Waals surface area contributed by atoms with E-state index in [0.29, 0.717) is 5.56 Å². The lowest BCUT2D eigenvalue weighted by molar-refractivity contribution is -0.274. The van der Waals surface area contributed by atoms with Crippen molar-refractivity contribution in [3.63, 3.8) is 0 Å². The van der Waals surface area contributed by atoms with Gasteiger partial charge in [-0.05, 0) is 54.1 Å². The van der Waals surface area contributed by atoms with Crippen LogP contribution in [0.15, 0.2) is 90.0 Å². The lowest BCUT2D eigenvalue weighted by Gasteiger charge is -2.15. The Morgan fingerprint density at radius 1 is 0.925 bits per heavy atom. The van der Waals surface area contributed by atoms with E-state index in [1.54, 1.807) is 12.1 Å². The minimum absolute atomic E-state index is 0.0297. The maximum atomic E-state index is 14.5. The largest absolute Gasteiger partial charge is 0.573 e. The summed E-state index contributed by atoms with van der Waals surface area (Å²) >= 11 is 0. The van der Waals surface area contributed by atoms with Crippen LogP contribution < -0.4 is 14.8 Å². The van der Waals surface area contributed by atoms with Gasteiger partial charge >= 0.3 is 6.36 Å². The Balaban J connectivity index is 1.59. The minimum atomic E-state index is -4.91. The number of halogens is 4. The van der Waals surface area contributed by atoms with Crippen molar-refractivity contribution in [1.29, 1.82) is 0 Å². The summed E-state index contributed by atoms with van der Waals surface area (Å²) in [6.45, 7) is 1.54. The van der Waals surface area contributed by atoms with Crippen LogP contribution in [0.4, 0.5) is 23.2 Å². The molecule has 1 heterocycles. The second-order valence-corrected chi connectivity index (χ2v) is 10.7. The molecule has 0 unspecified atom stereocenters. The Hall–Kier alpha value is -4.45. The Bertz CT molecular complexity index is 1620. The van der Waals surface area contributed by atoms with E-state index in [9.17, 15) is 30.8 Å². The van der Waals surface area contributed by atoms with Gasteiger partial charge in [-0.15, -0.1) is 13.2 Å². The first kappa shape index (κ1) is 28.6. The molecule has 1 amide bonds. The third kappa shape index (κ3) is 7.35. The maximum Gasteiger partial charge on any atom is 0.573 e. The quantitative estimate of drug-likeness (QED) is 0.180. The Kier molecular flexibility index (Phi) is 8.38. The zero-order chi connectivity index (χ0) is 28.9. The molecule has 0 radical (unpaired) electrons. The number of aromatic nitrogens is 1. The summed E-state index contributed by atoms with van der Waals surface area (Å²) in [5.41, 5.74) is 1.14. The molecular weight excluding hydrogens is 552 g/mol. The molecule has 0 aliphatic heterocycles. The molecule has 208 valence electrons. The van der Waals surface area contributed by atoms with Gasteiger partial charge in [0.2, 0.25) is 11.9 Å². The van der Waals surface area contributed by atoms with E-state index in [-0.39, 0.29) is 45.4 Å². The van der Waals surface area contributed by atoms with Gasteiger partial charge in [-0.25, -0.2) is 13.4 Å². The van der Waals surface area contributed by atoms with Crippen LogP contribution in [0.3, 0.4) is 0 Å². The predicted octanol–water partition coefficient (Wildman–Crippen LogP) is 6.55. The van der Waals surface area contributed by atoms with Crippen LogP contribution in [0.25, 0.3) is 11.1 Å². The molecule has 1 N–H and O–H groups in total. The summed E-state index contributed by atoms with van der Waals surface area (Å²) < 4.78 is 86.3. The molecule has 3 aromatic carbocycles. The molecule has 40 heavy (non-hydrogen) atoms. The fraction of sp³-hybridized carbons (Fsp3) is 0.143. The van der Waals surface area contributed by atoms with Crippen LogP contribution in [-0.4, -0.2) is 31.4 Å². The molecule has 0 aliphatic carbocycles. The van der Waals surface area contributed by atoms with Gasteiger partial charge in [0.05, 0.1) is 17.1 Å². The molecule has 0 saturated heterocycles. The molecule has 0 bridgehead atoms. The highest BCUT2D eigenvalue weighted by atomic mass is 32.2. The number of ether oxygens (including phenoxy) is 2. The topological polar surface area (TPSA) is 94.6 Å². The SMILES string of the molecule is CCS(=O)(=O)c1ccc(CC(=O)Nc2ccc(-c3cccnc3F)c(Oc3cccc(OC(F)(F)F)c3)c2)cc1. The van der Waals surface area contributed by atoms with Crippen LogP contribution in [0.2, 0.25) is 0 Å². The summed E-state index contributed by atoms with van der Waals surface area (Å²) in [6, 6.07) is 18.1. The third-order valence-corrected chi connectivity index (χ3v) is 7.36. The highest BCUT2D eigenvalue weighted by Gasteiger charge is 2.31. The molecule has 7 nitrogen and oxygen atoms in total. The molecule has 0 saturated carbocycles. The van der Waals surface area contributed by atoms with Crippen molar-refractivity contribution in [2.24, 2.45) is 0 Å². The number of rotatable bonds is 9. The molecule has 4 rings (SSSR count). The van der Waals surface area contributed by atoms with Gasteiger partial charge < -0.3 is 14.8 Å². The number of hydrogen-bond donors (Lipinski definition) is 1. The van der Waals surface area contributed by atoms with E-state index in [2.05, 4.69) is 15.0 Å². The zero-order valence-corrected chi connectivity index (χ0v) is 21.7. The Labute approximate surface area is 227 Å². The smallest absolute Gasteiger partial charge is 0.456 e.